The molecular weight excluding hydrogens is 301 g/mol. The first-order valence-corrected chi connectivity index (χ1v) is 7.46. The molecule has 0 aliphatic carbocycles. The molecule has 2 heterocycles. The van der Waals surface area contributed by atoms with E-state index in [9.17, 15) is 14.0 Å². The van der Waals surface area contributed by atoms with Crippen LogP contribution in [0.2, 0.25) is 0 Å². The van der Waals surface area contributed by atoms with Gasteiger partial charge in [-0.2, -0.15) is 0 Å². The van der Waals surface area contributed by atoms with E-state index >= 15 is 0 Å². The number of benzene rings is 1. The van der Waals surface area contributed by atoms with Gasteiger partial charge in [-0.3, -0.25) is 4.79 Å². The highest BCUT2D eigenvalue weighted by atomic mass is 19.1. The fourth-order valence-electron chi connectivity index (χ4n) is 3.15. The highest BCUT2D eigenvalue weighted by Gasteiger charge is 2.24. The number of H-pyrrole nitrogens is 1. The van der Waals surface area contributed by atoms with E-state index < -0.39 is 22.8 Å². The Balaban J connectivity index is 2.10. The number of carboxylic acid groups (broad SMARTS) is 1. The number of carboxylic acids is 1. The molecule has 1 aromatic heterocycles. The van der Waals surface area contributed by atoms with Crippen molar-refractivity contribution in [2.75, 3.05) is 18.0 Å². The van der Waals surface area contributed by atoms with E-state index in [0.29, 0.717) is 24.3 Å². The van der Waals surface area contributed by atoms with E-state index in [0.717, 1.165) is 12.3 Å². The molecule has 3 rings (SSSR count). The number of nitrogens with one attached hydrogen (secondary N) is 2. The predicted molar refractivity (Wildman–Crippen MR) is 85.8 cm³/mol. The molecule has 2 aromatic rings. The first kappa shape index (κ1) is 15.5. The molecule has 1 fully saturated rings. The Morgan fingerprint density at radius 1 is 1.30 bits per heavy atom. The van der Waals surface area contributed by atoms with Gasteiger partial charge in [0.25, 0.3) is 0 Å². The molecule has 6 nitrogen and oxygen atoms in total. The minimum atomic E-state index is -1.33. The molecule has 2 unspecified atom stereocenters. The van der Waals surface area contributed by atoms with Crippen molar-refractivity contribution >= 4 is 22.6 Å². The van der Waals surface area contributed by atoms with Crippen molar-refractivity contribution in [1.82, 2.24) is 10.3 Å². The normalized spacial score (nSPS) is 21.6. The summed E-state index contributed by atoms with van der Waals surface area (Å²) in [4.78, 5) is 27.8. The maximum absolute atomic E-state index is 14.5. The Morgan fingerprint density at radius 3 is 2.57 bits per heavy atom. The number of hydrogen-bond donors (Lipinski definition) is 3. The Hall–Kier alpha value is -2.41. The van der Waals surface area contributed by atoms with Crippen molar-refractivity contribution < 1.29 is 14.3 Å². The summed E-state index contributed by atoms with van der Waals surface area (Å²) in [6, 6.07) is 3.14. The molecular formula is C16H18FN3O3. The number of anilines is 1. The Kier molecular flexibility index (Phi) is 3.81. The fourth-order valence-corrected chi connectivity index (χ4v) is 3.15. The van der Waals surface area contributed by atoms with Crippen molar-refractivity contribution in [2.24, 2.45) is 0 Å². The summed E-state index contributed by atoms with van der Waals surface area (Å²) in [5.74, 6) is -1.85. The number of nitrogens with zero attached hydrogens (tertiary/aromatic N) is 1. The van der Waals surface area contributed by atoms with Crippen LogP contribution in [0.1, 0.15) is 24.2 Å². The van der Waals surface area contributed by atoms with Crippen molar-refractivity contribution in [3.05, 3.63) is 39.9 Å². The van der Waals surface area contributed by atoms with Crippen LogP contribution in [-0.2, 0) is 0 Å². The van der Waals surface area contributed by atoms with Crippen LogP contribution in [0.5, 0.6) is 0 Å². The lowest BCUT2D eigenvalue weighted by molar-refractivity contribution is 0.0695. The summed E-state index contributed by atoms with van der Waals surface area (Å²) in [6.07, 6.45) is 1.15. The maximum atomic E-state index is 14.5. The second-order valence-corrected chi connectivity index (χ2v) is 6.06. The molecule has 0 radical (unpaired) electrons. The van der Waals surface area contributed by atoms with Crippen LogP contribution in [-0.4, -0.2) is 41.2 Å². The van der Waals surface area contributed by atoms with E-state index in [2.05, 4.69) is 10.3 Å². The number of aromatic amines is 1. The monoisotopic (exact) mass is 319 g/mol. The first-order chi connectivity index (χ1) is 10.9. The van der Waals surface area contributed by atoms with Crippen molar-refractivity contribution in [3.8, 4) is 0 Å². The minimum Gasteiger partial charge on any atom is -0.477 e. The summed E-state index contributed by atoms with van der Waals surface area (Å²) in [7, 11) is 0. The lowest BCUT2D eigenvalue weighted by Gasteiger charge is -2.37. The molecule has 0 saturated carbocycles. The Morgan fingerprint density at radius 2 is 1.96 bits per heavy atom. The lowest BCUT2D eigenvalue weighted by Crippen LogP contribution is -2.54. The number of pyridine rings is 1. The van der Waals surface area contributed by atoms with Gasteiger partial charge in [0, 0.05) is 36.8 Å². The predicted octanol–water partition coefficient (Wildman–Crippen LogP) is 1.55. The number of halogens is 1. The van der Waals surface area contributed by atoms with Gasteiger partial charge in [-0.15, -0.1) is 0 Å². The van der Waals surface area contributed by atoms with Crippen molar-refractivity contribution in [3.63, 3.8) is 0 Å². The number of aromatic nitrogens is 1. The third kappa shape index (κ3) is 2.79. The first-order valence-electron chi connectivity index (χ1n) is 7.46. The average Bonchev–Trinajstić information content (AvgIpc) is 2.46. The molecule has 0 amide bonds. The Labute approximate surface area is 131 Å². The van der Waals surface area contributed by atoms with E-state index in [1.54, 1.807) is 6.07 Å². The van der Waals surface area contributed by atoms with Gasteiger partial charge in [0.2, 0.25) is 5.43 Å². The third-order valence-corrected chi connectivity index (χ3v) is 4.08. The standard InChI is InChI=1S/C16H18FN3O3/c1-8-6-20(7-9(2)19-8)14-4-13-10(3-12(14)17)15(21)11(5-18-13)16(22)23/h3-5,8-9,19H,6-7H2,1-2H3,(H,18,21)(H,22,23). The average molecular weight is 319 g/mol. The van der Waals surface area contributed by atoms with Crippen LogP contribution in [0.3, 0.4) is 0 Å². The van der Waals surface area contributed by atoms with Crippen LogP contribution in [0.15, 0.2) is 23.1 Å². The molecule has 1 aliphatic heterocycles. The number of rotatable bonds is 2. The summed E-state index contributed by atoms with van der Waals surface area (Å²) in [5, 5.41) is 12.4. The fraction of sp³-hybridized carbons (Fsp3) is 0.375. The summed E-state index contributed by atoms with van der Waals surface area (Å²) < 4.78 is 14.5. The molecule has 7 heteroatoms. The van der Waals surface area contributed by atoms with Gasteiger partial charge in [-0.25, -0.2) is 9.18 Å². The Bertz CT molecular complexity index is 823. The second kappa shape index (κ2) is 5.66. The molecule has 3 N–H and O–H groups in total. The van der Waals surface area contributed by atoms with E-state index in [-0.39, 0.29) is 17.5 Å². The molecule has 0 bridgehead atoms. The SMILES string of the molecule is CC1CN(c2cc3[nH]cc(C(=O)O)c(=O)c3cc2F)CC(C)N1. The largest absolute Gasteiger partial charge is 0.477 e. The number of carbonyl (C=O) groups is 1. The van der Waals surface area contributed by atoms with Gasteiger partial charge in [0.15, 0.2) is 0 Å². The third-order valence-electron chi connectivity index (χ3n) is 4.08. The van der Waals surface area contributed by atoms with Gasteiger partial charge in [-0.1, -0.05) is 0 Å². The van der Waals surface area contributed by atoms with Crippen LogP contribution in [0, 0.1) is 5.82 Å². The number of aromatic carboxylic acids is 1. The van der Waals surface area contributed by atoms with Gasteiger partial charge in [-0.05, 0) is 26.0 Å². The molecule has 2 atom stereocenters. The zero-order valence-corrected chi connectivity index (χ0v) is 12.9. The maximum Gasteiger partial charge on any atom is 0.341 e. The molecule has 1 saturated heterocycles. The summed E-state index contributed by atoms with van der Waals surface area (Å²) in [5.41, 5.74) is -0.237. The second-order valence-electron chi connectivity index (χ2n) is 6.06. The molecule has 1 aromatic carbocycles. The highest BCUT2D eigenvalue weighted by Crippen LogP contribution is 2.25. The van der Waals surface area contributed by atoms with Gasteiger partial charge in [0.05, 0.1) is 11.2 Å². The lowest BCUT2D eigenvalue weighted by atomic mass is 10.1. The number of piperazine rings is 1. The van der Waals surface area contributed by atoms with Crippen LogP contribution >= 0.6 is 0 Å². The van der Waals surface area contributed by atoms with E-state index in [1.807, 2.05) is 18.7 Å². The zero-order valence-electron chi connectivity index (χ0n) is 12.9. The molecule has 1 aliphatic rings. The van der Waals surface area contributed by atoms with Crippen LogP contribution in [0.25, 0.3) is 10.9 Å². The van der Waals surface area contributed by atoms with E-state index in [1.165, 1.54) is 0 Å². The number of hydrogen-bond acceptors (Lipinski definition) is 4. The zero-order chi connectivity index (χ0) is 16.7. The van der Waals surface area contributed by atoms with E-state index in [4.69, 9.17) is 5.11 Å². The van der Waals surface area contributed by atoms with Crippen molar-refractivity contribution in [1.29, 1.82) is 0 Å². The highest BCUT2D eigenvalue weighted by molar-refractivity contribution is 5.93. The van der Waals surface area contributed by atoms with Crippen molar-refractivity contribution in [2.45, 2.75) is 25.9 Å². The number of fused-ring (bicyclic) bond motifs is 1. The molecule has 23 heavy (non-hydrogen) atoms. The smallest absolute Gasteiger partial charge is 0.341 e. The quantitative estimate of drug-likeness (QED) is 0.782. The van der Waals surface area contributed by atoms with Gasteiger partial charge in [0.1, 0.15) is 11.4 Å². The van der Waals surface area contributed by atoms with Crippen LogP contribution in [0.4, 0.5) is 10.1 Å². The minimum absolute atomic E-state index is 0.0439. The summed E-state index contributed by atoms with van der Waals surface area (Å²) in [6.45, 7) is 5.37. The van der Waals surface area contributed by atoms with Crippen LogP contribution < -0.4 is 15.6 Å². The topological polar surface area (TPSA) is 85.4 Å². The molecule has 0 spiro atoms. The van der Waals surface area contributed by atoms with Gasteiger partial charge < -0.3 is 20.3 Å². The molecule has 122 valence electrons. The van der Waals surface area contributed by atoms with Gasteiger partial charge >= 0.3 is 5.97 Å². The summed E-state index contributed by atoms with van der Waals surface area (Å²) >= 11 is 0.